The lowest BCUT2D eigenvalue weighted by Crippen LogP contribution is -2.14. The quantitative estimate of drug-likeness (QED) is 0.750. The molecule has 3 rings (SSSR count). The SMILES string of the molecule is Cc1cc(C)cc(-c2noc(C)c2-c2cc(F)c(S(N)(=O)=O)cc2F)c1. The lowest BCUT2D eigenvalue weighted by atomic mass is 9.97. The first-order valence-electron chi connectivity index (χ1n) is 7.65. The van der Waals surface area contributed by atoms with Crippen molar-refractivity contribution in [2.24, 2.45) is 5.14 Å². The maximum atomic E-state index is 14.6. The second-order valence-corrected chi connectivity index (χ2v) is 7.68. The minimum atomic E-state index is -4.38. The van der Waals surface area contributed by atoms with Crippen LogP contribution in [0.1, 0.15) is 16.9 Å². The standard InChI is InChI=1S/C18H16F2N2O3S/c1-9-4-10(2)6-12(5-9)18-17(11(3)25-22-18)13-7-15(20)16(8-14(13)19)26(21,23)24/h4-8H,1-3H3,(H2,21,23,24). The highest BCUT2D eigenvalue weighted by atomic mass is 32.2. The third-order valence-corrected chi connectivity index (χ3v) is 4.88. The fraction of sp³-hybridized carbons (Fsp3) is 0.167. The molecule has 0 saturated heterocycles. The molecule has 5 nitrogen and oxygen atoms in total. The molecule has 136 valence electrons. The third kappa shape index (κ3) is 3.25. The van der Waals surface area contributed by atoms with Gasteiger partial charge in [0.05, 0.1) is 5.56 Å². The van der Waals surface area contributed by atoms with Gasteiger partial charge >= 0.3 is 0 Å². The van der Waals surface area contributed by atoms with Crippen LogP contribution in [0.4, 0.5) is 8.78 Å². The summed E-state index contributed by atoms with van der Waals surface area (Å²) < 4.78 is 56.8. The van der Waals surface area contributed by atoms with E-state index < -0.39 is 26.6 Å². The van der Waals surface area contributed by atoms with E-state index in [0.717, 1.165) is 17.2 Å². The summed E-state index contributed by atoms with van der Waals surface area (Å²) in [7, 11) is -4.38. The lowest BCUT2D eigenvalue weighted by Gasteiger charge is -2.09. The molecule has 0 bridgehead atoms. The Bertz CT molecular complexity index is 1100. The number of benzene rings is 2. The van der Waals surface area contributed by atoms with Crippen molar-refractivity contribution in [3.8, 4) is 22.4 Å². The Morgan fingerprint density at radius 1 is 0.962 bits per heavy atom. The number of primary sulfonamides is 1. The van der Waals surface area contributed by atoms with Crippen LogP contribution >= 0.6 is 0 Å². The van der Waals surface area contributed by atoms with Crippen molar-refractivity contribution in [1.82, 2.24) is 5.16 Å². The maximum absolute atomic E-state index is 14.6. The second kappa shape index (κ2) is 6.30. The molecule has 2 N–H and O–H groups in total. The van der Waals surface area contributed by atoms with E-state index in [-0.39, 0.29) is 16.9 Å². The van der Waals surface area contributed by atoms with Gasteiger partial charge in [-0.3, -0.25) is 0 Å². The van der Waals surface area contributed by atoms with Gasteiger partial charge in [-0.15, -0.1) is 0 Å². The number of hydrogen-bond donors (Lipinski definition) is 1. The second-order valence-electron chi connectivity index (χ2n) is 6.15. The maximum Gasteiger partial charge on any atom is 0.241 e. The zero-order chi connectivity index (χ0) is 19.2. The summed E-state index contributed by atoms with van der Waals surface area (Å²) in [6, 6.07) is 7.03. The topological polar surface area (TPSA) is 86.2 Å². The number of hydrogen-bond acceptors (Lipinski definition) is 4. The van der Waals surface area contributed by atoms with Crippen molar-refractivity contribution >= 4 is 10.0 Å². The van der Waals surface area contributed by atoms with E-state index in [4.69, 9.17) is 9.66 Å². The zero-order valence-corrected chi connectivity index (χ0v) is 15.1. The Morgan fingerprint density at radius 2 is 1.58 bits per heavy atom. The molecule has 0 aliphatic heterocycles. The van der Waals surface area contributed by atoms with Gasteiger partial charge < -0.3 is 4.52 Å². The van der Waals surface area contributed by atoms with Crippen LogP contribution in [-0.2, 0) is 10.0 Å². The van der Waals surface area contributed by atoms with Crippen LogP contribution in [0.3, 0.4) is 0 Å². The molecule has 1 aromatic heterocycles. The average Bonchev–Trinajstić information content (AvgIpc) is 2.88. The van der Waals surface area contributed by atoms with Gasteiger partial charge in [-0.2, -0.15) is 0 Å². The molecule has 0 saturated carbocycles. The molecule has 0 aliphatic rings. The van der Waals surface area contributed by atoms with E-state index in [1.807, 2.05) is 32.0 Å². The molecule has 0 unspecified atom stereocenters. The predicted octanol–water partition coefficient (Wildman–Crippen LogP) is 3.86. The largest absolute Gasteiger partial charge is 0.360 e. The van der Waals surface area contributed by atoms with Crippen LogP contribution in [0, 0.1) is 32.4 Å². The van der Waals surface area contributed by atoms with Crippen molar-refractivity contribution in [2.45, 2.75) is 25.7 Å². The van der Waals surface area contributed by atoms with Crippen LogP contribution in [0.15, 0.2) is 39.8 Å². The number of nitrogens with two attached hydrogens (primary N) is 1. The first-order valence-corrected chi connectivity index (χ1v) is 9.19. The van der Waals surface area contributed by atoms with E-state index in [1.54, 1.807) is 6.92 Å². The van der Waals surface area contributed by atoms with Gasteiger partial charge in [-0.1, -0.05) is 22.3 Å². The highest BCUT2D eigenvalue weighted by Gasteiger charge is 2.24. The van der Waals surface area contributed by atoms with E-state index in [0.29, 0.717) is 17.3 Å². The average molecular weight is 378 g/mol. The summed E-state index contributed by atoms with van der Waals surface area (Å²) in [6.07, 6.45) is 0. The first kappa shape index (κ1) is 18.2. The van der Waals surface area contributed by atoms with Gasteiger partial charge in [0.25, 0.3) is 0 Å². The summed E-state index contributed by atoms with van der Waals surface area (Å²) in [6.45, 7) is 5.38. The number of nitrogens with zero attached hydrogens (tertiary/aromatic N) is 1. The van der Waals surface area contributed by atoms with Crippen molar-refractivity contribution in [1.29, 1.82) is 0 Å². The molecule has 8 heteroatoms. The molecule has 26 heavy (non-hydrogen) atoms. The van der Waals surface area contributed by atoms with Crippen molar-refractivity contribution in [2.75, 3.05) is 0 Å². The van der Waals surface area contributed by atoms with Gasteiger partial charge in [0.15, 0.2) is 0 Å². The molecule has 0 radical (unpaired) electrons. The van der Waals surface area contributed by atoms with E-state index in [9.17, 15) is 17.2 Å². The minimum absolute atomic E-state index is 0.150. The molecule has 0 atom stereocenters. The van der Waals surface area contributed by atoms with Gasteiger partial charge in [0.1, 0.15) is 28.0 Å². The van der Waals surface area contributed by atoms with Crippen LogP contribution in [0.5, 0.6) is 0 Å². The fourth-order valence-electron chi connectivity index (χ4n) is 2.94. The van der Waals surface area contributed by atoms with Crippen molar-refractivity contribution in [3.63, 3.8) is 0 Å². The monoisotopic (exact) mass is 378 g/mol. The predicted molar refractivity (Wildman–Crippen MR) is 92.9 cm³/mol. The van der Waals surface area contributed by atoms with E-state index in [1.165, 1.54) is 0 Å². The third-order valence-electron chi connectivity index (χ3n) is 3.96. The Labute approximate surface area is 149 Å². The normalized spacial score (nSPS) is 11.8. The number of halogens is 2. The molecule has 0 spiro atoms. The summed E-state index contributed by atoms with van der Waals surface area (Å²) in [4.78, 5) is -0.902. The van der Waals surface area contributed by atoms with Gasteiger partial charge in [-0.25, -0.2) is 22.3 Å². The lowest BCUT2D eigenvalue weighted by molar-refractivity contribution is 0.400. The van der Waals surface area contributed by atoms with Crippen LogP contribution in [0.2, 0.25) is 0 Å². The molecular weight excluding hydrogens is 362 g/mol. The summed E-state index contributed by atoms with van der Waals surface area (Å²) in [5.41, 5.74) is 3.08. The number of sulfonamides is 1. The van der Waals surface area contributed by atoms with Gasteiger partial charge in [0.2, 0.25) is 10.0 Å². The van der Waals surface area contributed by atoms with E-state index >= 15 is 0 Å². The summed E-state index contributed by atoms with van der Waals surface area (Å²) in [5, 5.41) is 8.89. The molecule has 0 amide bonds. The Morgan fingerprint density at radius 3 is 2.15 bits per heavy atom. The van der Waals surface area contributed by atoms with Crippen molar-refractivity contribution in [3.05, 3.63) is 58.9 Å². The zero-order valence-electron chi connectivity index (χ0n) is 14.3. The first-order chi connectivity index (χ1) is 12.1. The number of aryl methyl sites for hydroxylation is 3. The molecule has 2 aromatic carbocycles. The highest BCUT2D eigenvalue weighted by molar-refractivity contribution is 7.89. The molecular formula is C18H16F2N2O3S. The van der Waals surface area contributed by atoms with Gasteiger partial charge in [-0.05, 0) is 45.0 Å². The van der Waals surface area contributed by atoms with Crippen LogP contribution in [-0.4, -0.2) is 13.6 Å². The van der Waals surface area contributed by atoms with Crippen molar-refractivity contribution < 1.29 is 21.7 Å². The molecule has 3 aromatic rings. The Hall–Kier alpha value is -2.58. The minimum Gasteiger partial charge on any atom is -0.360 e. The van der Waals surface area contributed by atoms with Crippen LogP contribution < -0.4 is 5.14 Å². The fourth-order valence-corrected chi connectivity index (χ4v) is 3.53. The number of aromatic nitrogens is 1. The molecule has 0 fully saturated rings. The summed E-state index contributed by atoms with van der Waals surface area (Å²) in [5.74, 6) is -1.80. The molecule has 0 aliphatic carbocycles. The Kier molecular flexibility index (Phi) is 4.41. The van der Waals surface area contributed by atoms with Crippen LogP contribution in [0.25, 0.3) is 22.4 Å². The Balaban J connectivity index is 2.26. The molecule has 1 heterocycles. The van der Waals surface area contributed by atoms with E-state index in [2.05, 4.69) is 5.16 Å². The number of rotatable bonds is 3. The smallest absolute Gasteiger partial charge is 0.241 e. The van der Waals surface area contributed by atoms with Gasteiger partial charge in [0, 0.05) is 11.1 Å². The summed E-state index contributed by atoms with van der Waals surface area (Å²) >= 11 is 0. The highest BCUT2D eigenvalue weighted by Crippen LogP contribution is 2.37.